The monoisotopic (exact) mass is 209 g/mol. The van der Waals surface area contributed by atoms with E-state index >= 15 is 0 Å². The average molecular weight is 209 g/mol. The highest BCUT2D eigenvalue weighted by Crippen LogP contribution is 2.03. The molecule has 0 aromatic carbocycles. The van der Waals surface area contributed by atoms with Crippen LogP contribution in [0.25, 0.3) is 0 Å². The Labute approximate surface area is 82.1 Å². The molecule has 0 aliphatic heterocycles. The maximum absolute atomic E-state index is 11.4. The lowest BCUT2D eigenvalue weighted by atomic mass is 10.5. The van der Waals surface area contributed by atoms with Gasteiger partial charge in [0.1, 0.15) is 0 Å². The van der Waals surface area contributed by atoms with Gasteiger partial charge in [-0.2, -0.15) is 11.8 Å². The summed E-state index contributed by atoms with van der Waals surface area (Å²) in [5.74, 6) is 3.09. The van der Waals surface area contributed by atoms with Crippen molar-refractivity contribution in [3.05, 3.63) is 0 Å². The minimum absolute atomic E-state index is 0.164. The molecule has 2 atom stereocenters. The van der Waals surface area contributed by atoms with Crippen LogP contribution in [-0.4, -0.2) is 33.3 Å². The van der Waals surface area contributed by atoms with Gasteiger partial charge in [0.05, 0.1) is 0 Å². The highest BCUT2D eigenvalue weighted by atomic mass is 32.2. The third kappa shape index (κ3) is 6.03. The Hall–Kier alpha value is 0.460. The highest BCUT2D eigenvalue weighted by molar-refractivity contribution is 7.99. The summed E-state index contributed by atoms with van der Waals surface area (Å²) in [4.78, 5) is 0. The second-order valence-electron chi connectivity index (χ2n) is 2.68. The van der Waals surface area contributed by atoms with Crippen molar-refractivity contribution in [3.8, 4) is 0 Å². The Bertz CT molecular complexity index is 130. The first-order valence-electron chi connectivity index (χ1n) is 4.37. The fourth-order valence-electron chi connectivity index (χ4n) is 0.756. The highest BCUT2D eigenvalue weighted by Gasteiger charge is 2.07. The molecular weight excluding hydrogens is 190 g/mol. The van der Waals surface area contributed by atoms with E-state index in [0.717, 1.165) is 23.7 Å². The van der Waals surface area contributed by atoms with E-state index in [4.69, 9.17) is 5.73 Å². The van der Waals surface area contributed by atoms with Gasteiger partial charge in [0, 0.05) is 28.3 Å². The third-order valence-corrected chi connectivity index (χ3v) is 4.39. The quantitative estimate of drug-likeness (QED) is 0.641. The van der Waals surface area contributed by atoms with Crippen LogP contribution in [0.5, 0.6) is 0 Å². The van der Waals surface area contributed by atoms with E-state index < -0.39 is 10.8 Å². The Morgan fingerprint density at radius 1 is 1.58 bits per heavy atom. The average Bonchev–Trinajstić information content (AvgIpc) is 2.10. The Morgan fingerprint density at radius 2 is 2.25 bits per heavy atom. The lowest BCUT2D eigenvalue weighted by Crippen LogP contribution is -2.23. The minimum Gasteiger partial charge on any atom is -0.329 e. The molecule has 0 rings (SSSR count). The zero-order valence-corrected chi connectivity index (χ0v) is 9.55. The van der Waals surface area contributed by atoms with Crippen LogP contribution in [0, 0.1) is 0 Å². The number of hydrogen-bond donors (Lipinski definition) is 1. The lowest BCUT2D eigenvalue weighted by Gasteiger charge is -2.07. The summed E-state index contributed by atoms with van der Waals surface area (Å²) in [7, 11) is -0.707. The number of nitrogens with two attached hydrogens (primary N) is 1. The molecule has 0 radical (unpaired) electrons. The largest absolute Gasteiger partial charge is 0.329 e. The van der Waals surface area contributed by atoms with Gasteiger partial charge in [0.25, 0.3) is 0 Å². The summed E-state index contributed by atoms with van der Waals surface area (Å²) in [6, 6.07) is 0. The second kappa shape index (κ2) is 8.08. The van der Waals surface area contributed by atoms with Crippen LogP contribution in [0.15, 0.2) is 0 Å². The summed E-state index contributed by atoms with van der Waals surface area (Å²) >= 11 is 1.90. The SMILES string of the molecule is CCSCCCS(=O)C(C)CN. The maximum Gasteiger partial charge on any atom is 0.0442 e. The standard InChI is InChI=1S/C8H19NOS2/c1-3-11-5-4-6-12(10)8(2)7-9/h8H,3-7,9H2,1-2H3. The molecule has 0 saturated heterocycles. The fraction of sp³-hybridized carbons (Fsp3) is 1.00. The summed E-state index contributed by atoms with van der Waals surface area (Å²) in [5, 5.41) is 0.164. The second-order valence-corrected chi connectivity index (χ2v) is 6.05. The Kier molecular flexibility index (Phi) is 8.39. The zero-order valence-electron chi connectivity index (χ0n) is 7.91. The number of thioether (sulfide) groups is 1. The van der Waals surface area contributed by atoms with E-state index in [1.165, 1.54) is 0 Å². The van der Waals surface area contributed by atoms with Crippen molar-refractivity contribution >= 4 is 22.6 Å². The van der Waals surface area contributed by atoms with Crippen LogP contribution < -0.4 is 5.73 Å². The first-order valence-corrected chi connectivity index (χ1v) is 6.91. The van der Waals surface area contributed by atoms with Crippen molar-refractivity contribution < 1.29 is 4.21 Å². The normalized spacial score (nSPS) is 15.9. The Morgan fingerprint density at radius 3 is 2.75 bits per heavy atom. The van der Waals surface area contributed by atoms with Crippen LogP contribution in [0.3, 0.4) is 0 Å². The predicted molar refractivity (Wildman–Crippen MR) is 59.1 cm³/mol. The van der Waals surface area contributed by atoms with E-state index in [1.807, 2.05) is 18.7 Å². The van der Waals surface area contributed by atoms with Crippen molar-refractivity contribution in [3.63, 3.8) is 0 Å². The lowest BCUT2D eigenvalue weighted by molar-refractivity contribution is 0.672. The molecule has 0 bridgehead atoms. The number of hydrogen-bond acceptors (Lipinski definition) is 3. The topological polar surface area (TPSA) is 43.1 Å². The van der Waals surface area contributed by atoms with Crippen molar-refractivity contribution in [1.29, 1.82) is 0 Å². The first-order chi connectivity index (χ1) is 5.72. The van der Waals surface area contributed by atoms with E-state index in [2.05, 4.69) is 6.92 Å². The van der Waals surface area contributed by atoms with Gasteiger partial charge >= 0.3 is 0 Å². The van der Waals surface area contributed by atoms with E-state index in [0.29, 0.717) is 6.54 Å². The molecule has 2 nitrogen and oxygen atoms in total. The molecule has 2 unspecified atom stereocenters. The van der Waals surface area contributed by atoms with E-state index in [1.54, 1.807) is 0 Å². The van der Waals surface area contributed by atoms with Crippen molar-refractivity contribution in [2.24, 2.45) is 5.73 Å². The van der Waals surface area contributed by atoms with Crippen LogP contribution in [0.1, 0.15) is 20.3 Å². The van der Waals surface area contributed by atoms with Gasteiger partial charge in [-0.1, -0.05) is 6.92 Å². The van der Waals surface area contributed by atoms with E-state index in [9.17, 15) is 4.21 Å². The van der Waals surface area contributed by atoms with Crippen molar-refractivity contribution in [2.75, 3.05) is 23.8 Å². The molecule has 12 heavy (non-hydrogen) atoms. The van der Waals surface area contributed by atoms with Gasteiger partial charge in [-0.15, -0.1) is 0 Å². The zero-order chi connectivity index (χ0) is 9.40. The van der Waals surface area contributed by atoms with Gasteiger partial charge in [0.15, 0.2) is 0 Å². The molecule has 0 aliphatic rings. The van der Waals surface area contributed by atoms with Crippen LogP contribution in [0.2, 0.25) is 0 Å². The summed E-state index contributed by atoms with van der Waals surface area (Å²) in [6.45, 7) is 4.63. The fourth-order valence-corrected chi connectivity index (χ4v) is 2.62. The van der Waals surface area contributed by atoms with Gasteiger partial charge in [-0.05, 0) is 24.9 Å². The predicted octanol–water partition coefficient (Wildman–Crippen LogP) is 1.23. The van der Waals surface area contributed by atoms with Crippen molar-refractivity contribution in [1.82, 2.24) is 0 Å². The molecule has 2 N–H and O–H groups in total. The van der Waals surface area contributed by atoms with E-state index in [-0.39, 0.29) is 5.25 Å². The molecule has 74 valence electrons. The van der Waals surface area contributed by atoms with Crippen LogP contribution >= 0.6 is 11.8 Å². The molecule has 0 aromatic heterocycles. The maximum atomic E-state index is 11.4. The minimum atomic E-state index is -0.707. The summed E-state index contributed by atoms with van der Waals surface area (Å²) in [6.07, 6.45) is 1.05. The molecule has 0 amide bonds. The molecule has 0 fully saturated rings. The van der Waals surface area contributed by atoms with Gasteiger partial charge in [-0.25, -0.2) is 0 Å². The molecule has 4 heteroatoms. The molecule has 0 spiro atoms. The van der Waals surface area contributed by atoms with Gasteiger partial charge < -0.3 is 5.73 Å². The van der Waals surface area contributed by atoms with Crippen LogP contribution in [-0.2, 0) is 10.8 Å². The van der Waals surface area contributed by atoms with Crippen LogP contribution in [0.4, 0.5) is 0 Å². The summed E-state index contributed by atoms with van der Waals surface area (Å²) in [5.41, 5.74) is 5.41. The summed E-state index contributed by atoms with van der Waals surface area (Å²) < 4.78 is 11.4. The molecule has 0 heterocycles. The Balaban J connectivity index is 3.31. The van der Waals surface area contributed by atoms with Crippen molar-refractivity contribution in [2.45, 2.75) is 25.5 Å². The van der Waals surface area contributed by atoms with Gasteiger partial charge in [0.2, 0.25) is 0 Å². The number of rotatable bonds is 7. The van der Waals surface area contributed by atoms with Gasteiger partial charge in [-0.3, -0.25) is 4.21 Å². The molecule has 0 aromatic rings. The molecule has 0 saturated carbocycles. The molecule has 0 aliphatic carbocycles. The first kappa shape index (κ1) is 12.5. The smallest absolute Gasteiger partial charge is 0.0442 e. The third-order valence-electron chi connectivity index (χ3n) is 1.62. The molecular formula is C8H19NOS2.